The topological polar surface area (TPSA) is 110 Å². The molecule has 2 heterocycles. The molecule has 4 rings (SSSR count). The van der Waals surface area contributed by atoms with E-state index in [4.69, 9.17) is 4.74 Å². The van der Waals surface area contributed by atoms with E-state index in [1.807, 2.05) is 6.20 Å². The first-order chi connectivity index (χ1) is 14.1. The maximum Gasteiger partial charge on any atom is 0.223 e. The largest absolute Gasteiger partial charge is 0.394 e. The zero-order valence-corrected chi connectivity index (χ0v) is 17.1. The van der Waals surface area contributed by atoms with Crippen LogP contribution in [-0.4, -0.2) is 56.0 Å². The quantitative estimate of drug-likeness (QED) is 0.635. The Morgan fingerprint density at radius 2 is 1.97 bits per heavy atom. The summed E-state index contributed by atoms with van der Waals surface area (Å²) in [6, 6.07) is -0.112. The van der Waals surface area contributed by atoms with Crippen LogP contribution in [0, 0.1) is 5.92 Å². The molecule has 1 aliphatic heterocycles. The number of amides is 1. The molecule has 0 radical (unpaired) electrons. The minimum absolute atomic E-state index is 0.0222. The normalized spacial score (nSPS) is 29.9. The molecule has 2 aliphatic carbocycles. The molecule has 3 fully saturated rings. The number of hydrogen-bond donors (Lipinski definition) is 3. The number of nitrogens with one attached hydrogen (secondary N) is 1. The number of hydrogen-bond acceptors (Lipinski definition) is 6. The minimum atomic E-state index is -0.813. The van der Waals surface area contributed by atoms with Crippen LogP contribution in [0.1, 0.15) is 76.3 Å². The summed E-state index contributed by atoms with van der Waals surface area (Å²) in [5.74, 6) is 0.247. The molecule has 1 aromatic rings. The first-order valence-electron chi connectivity index (χ1n) is 11.3. The van der Waals surface area contributed by atoms with E-state index >= 15 is 0 Å². The van der Waals surface area contributed by atoms with Gasteiger partial charge in [-0.15, -0.1) is 5.10 Å². The van der Waals surface area contributed by atoms with Gasteiger partial charge >= 0.3 is 0 Å². The van der Waals surface area contributed by atoms with Crippen LogP contribution in [0.15, 0.2) is 6.20 Å². The smallest absolute Gasteiger partial charge is 0.223 e. The number of aliphatic hydroxyl groups is 2. The number of aliphatic hydroxyl groups excluding tert-OH is 1. The van der Waals surface area contributed by atoms with Crippen molar-refractivity contribution in [1.82, 2.24) is 20.3 Å². The number of aryl methyl sites for hydroxylation is 1. The molecule has 8 nitrogen and oxygen atoms in total. The van der Waals surface area contributed by atoms with E-state index in [0.717, 1.165) is 70.6 Å². The molecule has 0 spiro atoms. The van der Waals surface area contributed by atoms with Gasteiger partial charge in [-0.05, 0) is 44.9 Å². The van der Waals surface area contributed by atoms with Crippen molar-refractivity contribution in [3.8, 4) is 0 Å². The highest BCUT2D eigenvalue weighted by atomic mass is 16.5. The van der Waals surface area contributed by atoms with Gasteiger partial charge < -0.3 is 20.3 Å². The van der Waals surface area contributed by atoms with Gasteiger partial charge in [-0.3, -0.25) is 9.48 Å². The summed E-state index contributed by atoms with van der Waals surface area (Å²) in [6.45, 7) is 0.567. The number of carbonyl (C=O) groups excluding carboxylic acids is 1. The van der Waals surface area contributed by atoms with Crippen molar-refractivity contribution < 1.29 is 19.7 Å². The minimum Gasteiger partial charge on any atom is -0.394 e. The maximum absolute atomic E-state index is 12.4. The molecule has 2 saturated carbocycles. The lowest BCUT2D eigenvalue weighted by Crippen LogP contribution is -2.52. The van der Waals surface area contributed by atoms with Crippen LogP contribution in [-0.2, 0) is 21.7 Å². The van der Waals surface area contributed by atoms with Gasteiger partial charge in [0.05, 0.1) is 24.9 Å². The average Bonchev–Trinajstić information content (AvgIpc) is 3.49. The van der Waals surface area contributed by atoms with Crippen LogP contribution in [0.25, 0.3) is 0 Å². The highest BCUT2D eigenvalue weighted by Gasteiger charge is 2.36. The zero-order valence-electron chi connectivity index (χ0n) is 17.1. The summed E-state index contributed by atoms with van der Waals surface area (Å²) < 4.78 is 7.86. The molecule has 0 bridgehead atoms. The van der Waals surface area contributed by atoms with Crippen molar-refractivity contribution in [3.63, 3.8) is 0 Å². The molecule has 162 valence electrons. The number of rotatable bonds is 7. The van der Waals surface area contributed by atoms with E-state index in [9.17, 15) is 15.0 Å². The Balaban J connectivity index is 1.26. The molecule has 1 saturated heterocycles. The standard InChI is InChI=1S/C21H34N4O4/c26-14-18-17(22-20(27)15-5-1-2-6-15)8-7-16(29-18)9-12-25-13-19(23-24-25)21(28)10-3-4-11-21/h13,15-18,26,28H,1-12,14H2,(H,22,27)/t16-,17+,18-/m1/s1. The molecule has 0 aromatic carbocycles. The highest BCUT2D eigenvalue weighted by Crippen LogP contribution is 2.37. The van der Waals surface area contributed by atoms with Gasteiger partial charge in [0.15, 0.2) is 0 Å². The third-order valence-electron chi connectivity index (χ3n) is 6.98. The fourth-order valence-electron chi connectivity index (χ4n) is 5.11. The summed E-state index contributed by atoms with van der Waals surface area (Å²) in [4.78, 5) is 12.4. The molecule has 3 aliphatic rings. The molecule has 3 atom stereocenters. The number of carbonyl (C=O) groups is 1. The van der Waals surface area contributed by atoms with Crippen molar-refractivity contribution in [1.29, 1.82) is 0 Å². The summed E-state index contributed by atoms with van der Waals surface area (Å²) in [5.41, 5.74) is -0.144. The Bertz CT molecular complexity index is 682. The Labute approximate surface area is 172 Å². The monoisotopic (exact) mass is 406 g/mol. The highest BCUT2D eigenvalue weighted by molar-refractivity contribution is 5.79. The van der Waals surface area contributed by atoms with Crippen molar-refractivity contribution in [2.75, 3.05) is 6.61 Å². The van der Waals surface area contributed by atoms with Gasteiger partial charge in [-0.1, -0.05) is 30.9 Å². The van der Waals surface area contributed by atoms with Crippen LogP contribution < -0.4 is 5.32 Å². The summed E-state index contributed by atoms with van der Waals surface area (Å²) >= 11 is 0. The summed E-state index contributed by atoms with van der Waals surface area (Å²) in [6.07, 6.45) is 11.7. The number of ether oxygens (including phenoxy) is 1. The second kappa shape index (κ2) is 9.10. The van der Waals surface area contributed by atoms with Crippen molar-refractivity contribution in [2.45, 2.75) is 101 Å². The Kier molecular flexibility index (Phi) is 6.51. The second-order valence-corrected chi connectivity index (χ2v) is 9.05. The lowest BCUT2D eigenvalue weighted by molar-refractivity contribution is -0.132. The van der Waals surface area contributed by atoms with E-state index in [1.165, 1.54) is 0 Å². The van der Waals surface area contributed by atoms with E-state index in [0.29, 0.717) is 12.2 Å². The average molecular weight is 407 g/mol. The van der Waals surface area contributed by atoms with Crippen LogP contribution in [0.3, 0.4) is 0 Å². The molecule has 0 unspecified atom stereocenters. The molecule has 29 heavy (non-hydrogen) atoms. The van der Waals surface area contributed by atoms with E-state index in [1.54, 1.807) is 4.68 Å². The third-order valence-corrected chi connectivity index (χ3v) is 6.98. The van der Waals surface area contributed by atoms with Crippen molar-refractivity contribution in [3.05, 3.63) is 11.9 Å². The fourth-order valence-corrected chi connectivity index (χ4v) is 5.11. The van der Waals surface area contributed by atoms with Crippen LogP contribution in [0.4, 0.5) is 0 Å². The Morgan fingerprint density at radius 1 is 1.21 bits per heavy atom. The first-order valence-corrected chi connectivity index (χ1v) is 11.3. The SMILES string of the molecule is O=C(N[C@H]1CC[C@H](CCn2cc(C3(O)CCCC3)nn2)O[C@@H]1CO)C1CCCC1. The van der Waals surface area contributed by atoms with Crippen molar-refractivity contribution >= 4 is 5.91 Å². The van der Waals surface area contributed by atoms with Crippen LogP contribution in [0.5, 0.6) is 0 Å². The van der Waals surface area contributed by atoms with Crippen molar-refractivity contribution in [2.24, 2.45) is 5.92 Å². The third kappa shape index (κ3) is 4.81. The molecule has 1 aromatic heterocycles. The van der Waals surface area contributed by atoms with Gasteiger partial charge in [-0.2, -0.15) is 0 Å². The lowest BCUT2D eigenvalue weighted by Gasteiger charge is -2.36. The van der Waals surface area contributed by atoms with E-state index < -0.39 is 5.60 Å². The zero-order chi connectivity index (χ0) is 20.3. The summed E-state index contributed by atoms with van der Waals surface area (Å²) in [7, 11) is 0. The molecule has 1 amide bonds. The number of aromatic nitrogens is 3. The fraction of sp³-hybridized carbons (Fsp3) is 0.857. The second-order valence-electron chi connectivity index (χ2n) is 9.05. The van der Waals surface area contributed by atoms with E-state index in [-0.39, 0.29) is 36.7 Å². The lowest BCUT2D eigenvalue weighted by atomic mass is 9.96. The first kappa shape index (κ1) is 20.8. The van der Waals surface area contributed by atoms with Crippen LogP contribution >= 0.6 is 0 Å². The predicted molar refractivity (Wildman–Crippen MR) is 106 cm³/mol. The molecular weight excluding hydrogens is 372 g/mol. The molecular formula is C21H34N4O4. The van der Waals surface area contributed by atoms with E-state index in [2.05, 4.69) is 15.6 Å². The summed E-state index contributed by atoms with van der Waals surface area (Å²) in [5, 5.41) is 31.9. The molecule has 3 N–H and O–H groups in total. The Hall–Kier alpha value is -1.51. The van der Waals surface area contributed by atoms with Gasteiger partial charge in [-0.25, -0.2) is 0 Å². The maximum atomic E-state index is 12.4. The Morgan fingerprint density at radius 3 is 2.69 bits per heavy atom. The van der Waals surface area contributed by atoms with Gasteiger partial charge in [0.2, 0.25) is 5.91 Å². The van der Waals surface area contributed by atoms with Gasteiger partial charge in [0.25, 0.3) is 0 Å². The molecule has 8 heteroatoms. The van der Waals surface area contributed by atoms with Gasteiger partial charge in [0.1, 0.15) is 17.4 Å². The number of nitrogens with zero attached hydrogens (tertiary/aromatic N) is 3. The predicted octanol–water partition coefficient (Wildman–Crippen LogP) is 1.64. The van der Waals surface area contributed by atoms with Crippen LogP contribution in [0.2, 0.25) is 0 Å². The van der Waals surface area contributed by atoms with Gasteiger partial charge in [0, 0.05) is 12.5 Å².